The number of nitrogens with zero attached hydrogens (tertiary/aromatic N) is 2. The van der Waals surface area contributed by atoms with Gasteiger partial charge in [0.25, 0.3) is 0 Å². The quantitative estimate of drug-likeness (QED) is 0.367. The van der Waals surface area contributed by atoms with Crippen molar-refractivity contribution in [3.8, 4) is 5.75 Å². The van der Waals surface area contributed by atoms with Crippen LogP contribution in [0.3, 0.4) is 0 Å². The second kappa shape index (κ2) is 11.3. The van der Waals surface area contributed by atoms with Gasteiger partial charge in [0.1, 0.15) is 5.75 Å². The lowest BCUT2D eigenvalue weighted by Crippen LogP contribution is -2.41. The van der Waals surface area contributed by atoms with Crippen molar-refractivity contribution in [1.82, 2.24) is 15.5 Å². The van der Waals surface area contributed by atoms with Crippen LogP contribution < -0.4 is 15.4 Å². The molecule has 2 N–H and O–H groups in total. The van der Waals surface area contributed by atoms with Gasteiger partial charge in [0.2, 0.25) is 0 Å². The van der Waals surface area contributed by atoms with E-state index in [4.69, 9.17) is 4.74 Å². The van der Waals surface area contributed by atoms with Crippen LogP contribution in [0.5, 0.6) is 5.75 Å². The van der Waals surface area contributed by atoms with E-state index < -0.39 is 0 Å². The molecule has 2 aromatic rings. The van der Waals surface area contributed by atoms with Crippen molar-refractivity contribution >= 4 is 41.3 Å². The summed E-state index contributed by atoms with van der Waals surface area (Å²) in [6, 6.07) is 12.6. The molecule has 0 aliphatic heterocycles. The first-order chi connectivity index (χ1) is 11.6. The minimum Gasteiger partial charge on any atom is -0.497 e. The molecule has 0 bridgehead atoms. The molecular formula is C18H27IN4OS. The lowest BCUT2D eigenvalue weighted by molar-refractivity contribution is 0.298. The third kappa shape index (κ3) is 6.83. The first-order valence-corrected chi connectivity index (χ1v) is 8.79. The third-order valence-electron chi connectivity index (χ3n) is 3.82. The van der Waals surface area contributed by atoms with E-state index in [9.17, 15) is 0 Å². The molecule has 1 heterocycles. The van der Waals surface area contributed by atoms with Crippen molar-refractivity contribution in [3.63, 3.8) is 0 Å². The maximum Gasteiger partial charge on any atom is 0.191 e. The third-order valence-corrected chi connectivity index (χ3v) is 4.70. The number of methoxy groups -OCH3 is 1. The van der Waals surface area contributed by atoms with Gasteiger partial charge >= 0.3 is 0 Å². The Morgan fingerprint density at radius 1 is 1.20 bits per heavy atom. The molecule has 1 unspecified atom stereocenters. The van der Waals surface area contributed by atoms with Crippen LogP contribution in [0.25, 0.3) is 0 Å². The Bertz CT molecular complexity index is 629. The Labute approximate surface area is 171 Å². The standard InChI is InChI=1S/C18H26N4OS.HI/c1-19-18(20-12-16-6-5-11-24-16)21-13-17(22(2)3)14-7-9-15(23-4)10-8-14;/h5-11,17H,12-13H2,1-4H3,(H2,19,20,21);1H. The van der Waals surface area contributed by atoms with Crippen LogP contribution in [0.4, 0.5) is 0 Å². The highest BCUT2D eigenvalue weighted by Gasteiger charge is 2.14. The molecule has 5 nitrogen and oxygen atoms in total. The first kappa shape index (κ1) is 21.7. The van der Waals surface area contributed by atoms with Gasteiger partial charge in [0.15, 0.2) is 5.96 Å². The molecule has 1 aromatic carbocycles. The summed E-state index contributed by atoms with van der Waals surface area (Å²) in [5.41, 5.74) is 1.24. The predicted molar refractivity (Wildman–Crippen MR) is 117 cm³/mol. The van der Waals surface area contributed by atoms with Gasteiger partial charge in [-0.2, -0.15) is 0 Å². The number of thiophene rings is 1. The summed E-state index contributed by atoms with van der Waals surface area (Å²) in [6.45, 7) is 1.55. The summed E-state index contributed by atoms with van der Waals surface area (Å²) in [5.74, 6) is 1.68. The van der Waals surface area contributed by atoms with Crippen LogP contribution in [0.15, 0.2) is 46.8 Å². The molecule has 0 aliphatic carbocycles. The molecule has 0 aliphatic rings. The summed E-state index contributed by atoms with van der Waals surface area (Å²) in [4.78, 5) is 7.79. The zero-order chi connectivity index (χ0) is 17.4. The maximum atomic E-state index is 5.23. The van der Waals surface area contributed by atoms with Gasteiger partial charge in [-0.05, 0) is 43.2 Å². The van der Waals surface area contributed by atoms with Crippen LogP contribution >= 0.6 is 35.3 Å². The lowest BCUT2D eigenvalue weighted by atomic mass is 10.1. The van der Waals surface area contributed by atoms with E-state index in [1.165, 1.54) is 10.4 Å². The van der Waals surface area contributed by atoms with E-state index in [0.29, 0.717) is 0 Å². The predicted octanol–water partition coefficient (Wildman–Crippen LogP) is 3.34. The summed E-state index contributed by atoms with van der Waals surface area (Å²) in [7, 11) is 7.64. The first-order valence-electron chi connectivity index (χ1n) is 7.91. The van der Waals surface area contributed by atoms with Crippen molar-refractivity contribution in [1.29, 1.82) is 0 Å². The number of rotatable bonds is 7. The molecule has 2 rings (SSSR count). The van der Waals surface area contributed by atoms with Crippen molar-refractivity contribution in [2.24, 2.45) is 4.99 Å². The molecule has 1 atom stereocenters. The largest absolute Gasteiger partial charge is 0.497 e. The van der Waals surface area contributed by atoms with E-state index in [1.54, 1.807) is 25.5 Å². The second-order valence-corrected chi connectivity index (χ2v) is 6.67. The van der Waals surface area contributed by atoms with Crippen LogP contribution in [0.2, 0.25) is 0 Å². The molecule has 138 valence electrons. The second-order valence-electron chi connectivity index (χ2n) is 5.64. The number of nitrogens with one attached hydrogen (secondary N) is 2. The van der Waals surface area contributed by atoms with Gasteiger partial charge in [0, 0.05) is 18.5 Å². The average molecular weight is 474 g/mol. The highest BCUT2D eigenvalue weighted by Crippen LogP contribution is 2.20. The molecule has 1 aromatic heterocycles. The maximum absolute atomic E-state index is 5.23. The number of likely N-dealkylation sites (N-methyl/N-ethyl adjacent to an activating group) is 1. The summed E-state index contributed by atoms with van der Waals surface area (Å²) < 4.78 is 5.23. The SMILES string of the molecule is CN=C(NCc1cccs1)NCC(c1ccc(OC)cc1)N(C)C.I. The summed E-state index contributed by atoms with van der Waals surface area (Å²) >= 11 is 1.74. The topological polar surface area (TPSA) is 48.9 Å². The van der Waals surface area contributed by atoms with Crippen LogP contribution in [0, 0.1) is 0 Å². The zero-order valence-corrected chi connectivity index (χ0v) is 18.3. The zero-order valence-electron chi connectivity index (χ0n) is 15.2. The number of aliphatic imine (C=N–C) groups is 1. The summed E-state index contributed by atoms with van der Waals surface area (Å²) in [5, 5.41) is 8.84. The molecule has 0 radical (unpaired) electrons. The van der Waals surface area contributed by atoms with Crippen molar-refractivity contribution in [2.75, 3.05) is 34.8 Å². The van der Waals surface area contributed by atoms with E-state index in [-0.39, 0.29) is 30.0 Å². The normalized spacial score (nSPS) is 12.4. The Kier molecular flexibility index (Phi) is 9.84. The van der Waals surface area contributed by atoms with Gasteiger partial charge in [-0.25, -0.2) is 0 Å². The lowest BCUT2D eigenvalue weighted by Gasteiger charge is -2.26. The van der Waals surface area contributed by atoms with Crippen LogP contribution in [0.1, 0.15) is 16.5 Å². The monoisotopic (exact) mass is 474 g/mol. The van der Waals surface area contributed by atoms with Crippen molar-refractivity contribution < 1.29 is 4.74 Å². The number of hydrogen-bond donors (Lipinski definition) is 2. The Morgan fingerprint density at radius 2 is 1.92 bits per heavy atom. The Hall–Kier alpha value is -1.32. The van der Waals surface area contributed by atoms with Gasteiger partial charge in [0.05, 0.1) is 19.7 Å². The van der Waals surface area contributed by atoms with E-state index in [2.05, 4.69) is 64.3 Å². The molecular weight excluding hydrogens is 447 g/mol. The average Bonchev–Trinajstić information content (AvgIpc) is 3.11. The molecule has 25 heavy (non-hydrogen) atoms. The Balaban J connectivity index is 0.00000312. The molecule has 0 fully saturated rings. The molecule has 0 amide bonds. The van der Waals surface area contributed by atoms with Crippen LogP contribution in [-0.2, 0) is 6.54 Å². The number of hydrogen-bond acceptors (Lipinski definition) is 4. The molecule has 7 heteroatoms. The van der Waals surface area contributed by atoms with Gasteiger partial charge < -0.3 is 20.3 Å². The van der Waals surface area contributed by atoms with Gasteiger partial charge in [-0.1, -0.05) is 18.2 Å². The number of ether oxygens (including phenoxy) is 1. The summed E-state index contributed by atoms with van der Waals surface area (Å²) in [6.07, 6.45) is 0. The minimum absolute atomic E-state index is 0. The van der Waals surface area contributed by atoms with Crippen molar-refractivity contribution in [3.05, 3.63) is 52.2 Å². The highest BCUT2D eigenvalue weighted by molar-refractivity contribution is 14.0. The van der Waals surface area contributed by atoms with Crippen LogP contribution in [-0.4, -0.2) is 45.7 Å². The van der Waals surface area contributed by atoms with E-state index in [1.807, 2.05) is 12.1 Å². The fraction of sp³-hybridized carbons (Fsp3) is 0.389. The molecule has 0 saturated heterocycles. The van der Waals surface area contributed by atoms with Gasteiger partial charge in [-0.3, -0.25) is 4.99 Å². The minimum atomic E-state index is 0. The number of guanidine groups is 1. The molecule has 0 spiro atoms. The van der Waals surface area contributed by atoms with Gasteiger partial charge in [-0.15, -0.1) is 35.3 Å². The van der Waals surface area contributed by atoms with Crippen molar-refractivity contribution in [2.45, 2.75) is 12.6 Å². The number of benzene rings is 1. The fourth-order valence-electron chi connectivity index (χ4n) is 2.42. The molecule has 0 saturated carbocycles. The number of halogens is 1. The fourth-order valence-corrected chi connectivity index (χ4v) is 3.07. The smallest absolute Gasteiger partial charge is 0.191 e. The highest BCUT2D eigenvalue weighted by atomic mass is 127. The van der Waals surface area contributed by atoms with E-state index >= 15 is 0 Å². The Morgan fingerprint density at radius 3 is 2.44 bits per heavy atom. The van der Waals surface area contributed by atoms with E-state index in [0.717, 1.165) is 24.8 Å².